The van der Waals surface area contributed by atoms with Crippen LogP contribution in [-0.4, -0.2) is 20.2 Å². The number of benzene rings is 1. The van der Waals surface area contributed by atoms with Gasteiger partial charge in [-0.1, -0.05) is 30.3 Å². The Morgan fingerprint density at radius 2 is 2.04 bits per heavy atom. The minimum absolute atomic E-state index is 0.142. The van der Waals surface area contributed by atoms with E-state index in [9.17, 15) is 0 Å². The number of hydrogen-bond donors (Lipinski definition) is 2. The van der Waals surface area contributed by atoms with Crippen molar-refractivity contribution in [1.29, 1.82) is 5.26 Å². The predicted molar refractivity (Wildman–Crippen MR) is 84.1 cm³/mol. The van der Waals surface area contributed by atoms with Crippen molar-refractivity contribution < 1.29 is 4.74 Å². The zero-order valence-corrected chi connectivity index (χ0v) is 12.4. The summed E-state index contributed by atoms with van der Waals surface area (Å²) < 4.78 is 5.81. The summed E-state index contributed by atoms with van der Waals surface area (Å²) in [6.45, 7) is 1.95. The lowest BCUT2D eigenvalue weighted by Crippen LogP contribution is -2.05. The molecule has 0 unspecified atom stereocenters. The minimum atomic E-state index is -0.142. The van der Waals surface area contributed by atoms with E-state index in [1.807, 2.05) is 43.3 Å². The highest BCUT2D eigenvalue weighted by molar-refractivity contribution is 5.52. The molecule has 0 radical (unpaired) electrons. The summed E-state index contributed by atoms with van der Waals surface area (Å²) in [7, 11) is 0. The van der Waals surface area contributed by atoms with Crippen molar-refractivity contribution in [2.24, 2.45) is 0 Å². The van der Waals surface area contributed by atoms with Gasteiger partial charge in [-0.25, -0.2) is 0 Å². The first-order valence-electron chi connectivity index (χ1n) is 7.01. The van der Waals surface area contributed by atoms with Gasteiger partial charge in [-0.2, -0.15) is 15.3 Å². The van der Waals surface area contributed by atoms with Gasteiger partial charge in [0.2, 0.25) is 5.88 Å². The Hall–Kier alpha value is -3.40. The lowest BCUT2D eigenvalue weighted by molar-refractivity contribution is 0.217. The molecule has 0 saturated carbocycles. The van der Waals surface area contributed by atoms with Crippen molar-refractivity contribution in [3.05, 3.63) is 60.0 Å². The van der Waals surface area contributed by atoms with Crippen molar-refractivity contribution in [3.8, 4) is 11.9 Å². The van der Waals surface area contributed by atoms with Crippen molar-refractivity contribution in [3.63, 3.8) is 0 Å². The van der Waals surface area contributed by atoms with Gasteiger partial charge in [-0.15, -0.1) is 0 Å². The van der Waals surface area contributed by atoms with Gasteiger partial charge in [-0.3, -0.25) is 10.1 Å². The topological polar surface area (TPSA) is 99.5 Å². The van der Waals surface area contributed by atoms with Crippen LogP contribution in [0, 0.1) is 11.3 Å². The van der Waals surface area contributed by atoms with E-state index in [0.29, 0.717) is 23.2 Å². The molecule has 2 N–H and O–H groups in total. The number of anilines is 2. The van der Waals surface area contributed by atoms with E-state index in [0.717, 1.165) is 5.56 Å². The number of rotatable bonds is 5. The molecule has 2 aromatic heterocycles. The molecule has 1 aromatic carbocycles. The fraction of sp³-hybridized carbons (Fsp3) is 0.125. The van der Waals surface area contributed by atoms with Crippen molar-refractivity contribution in [1.82, 2.24) is 20.2 Å². The Balaban J connectivity index is 1.71. The maximum absolute atomic E-state index is 8.77. The summed E-state index contributed by atoms with van der Waals surface area (Å²) in [5, 5.41) is 18.3. The number of H-pyrrole nitrogens is 1. The number of ether oxygens (including phenoxy) is 1. The lowest BCUT2D eigenvalue weighted by Gasteiger charge is -2.14. The van der Waals surface area contributed by atoms with Gasteiger partial charge in [0.25, 0.3) is 0 Å². The van der Waals surface area contributed by atoms with Crippen LogP contribution in [0.25, 0.3) is 0 Å². The average Bonchev–Trinajstić information content (AvgIpc) is 3.03. The van der Waals surface area contributed by atoms with Crippen LogP contribution in [0.15, 0.2) is 48.8 Å². The Morgan fingerprint density at radius 3 is 2.78 bits per heavy atom. The quantitative estimate of drug-likeness (QED) is 0.751. The molecule has 0 aliphatic rings. The minimum Gasteiger partial charge on any atom is -0.469 e. The standard InChI is InChI=1S/C16H14N6O/c1-11(12-5-3-2-4-6-12)23-16-10-18-9-15(20-16)19-14-7-13(8-17)21-22-14/h2-7,9-11H,1H3,(H2,19,20,21,22)/t11-/m0/s1. The van der Waals surface area contributed by atoms with Gasteiger partial charge in [-0.05, 0) is 12.5 Å². The molecular formula is C16H14N6O. The molecule has 23 heavy (non-hydrogen) atoms. The third-order valence-corrected chi connectivity index (χ3v) is 3.13. The summed E-state index contributed by atoms with van der Waals surface area (Å²) in [5.41, 5.74) is 1.42. The second kappa shape index (κ2) is 6.58. The number of nitriles is 1. The highest BCUT2D eigenvalue weighted by atomic mass is 16.5. The van der Waals surface area contributed by atoms with E-state index in [1.54, 1.807) is 18.5 Å². The van der Waals surface area contributed by atoms with Crippen LogP contribution >= 0.6 is 0 Å². The Morgan fingerprint density at radius 1 is 1.22 bits per heavy atom. The van der Waals surface area contributed by atoms with Gasteiger partial charge < -0.3 is 10.1 Å². The normalized spacial score (nSPS) is 11.5. The second-order valence-corrected chi connectivity index (χ2v) is 4.82. The van der Waals surface area contributed by atoms with Gasteiger partial charge >= 0.3 is 0 Å². The van der Waals surface area contributed by atoms with Gasteiger partial charge in [0.1, 0.15) is 17.9 Å². The summed E-state index contributed by atoms with van der Waals surface area (Å²) >= 11 is 0. The van der Waals surface area contributed by atoms with Crippen molar-refractivity contribution >= 4 is 11.6 Å². The van der Waals surface area contributed by atoms with E-state index in [-0.39, 0.29) is 6.10 Å². The highest BCUT2D eigenvalue weighted by Crippen LogP contribution is 2.21. The predicted octanol–water partition coefficient (Wildman–Crippen LogP) is 2.95. The molecule has 7 heteroatoms. The van der Waals surface area contributed by atoms with Crippen LogP contribution in [0.1, 0.15) is 24.3 Å². The maximum Gasteiger partial charge on any atom is 0.234 e. The summed E-state index contributed by atoms with van der Waals surface area (Å²) in [6.07, 6.45) is 2.97. The zero-order valence-electron chi connectivity index (χ0n) is 12.4. The fourth-order valence-electron chi connectivity index (χ4n) is 2.01. The average molecular weight is 306 g/mol. The number of nitrogens with zero attached hydrogens (tertiary/aromatic N) is 4. The third-order valence-electron chi connectivity index (χ3n) is 3.13. The first-order valence-corrected chi connectivity index (χ1v) is 7.01. The van der Waals surface area contributed by atoms with Crippen molar-refractivity contribution in [2.75, 3.05) is 5.32 Å². The fourth-order valence-corrected chi connectivity index (χ4v) is 2.01. The molecule has 0 bridgehead atoms. The number of hydrogen-bond acceptors (Lipinski definition) is 6. The summed E-state index contributed by atoms with van der Waals surface area (Å²) in [4.78, 5) is 8.44. The van der Waals surface area contributed by atoms with Gasteiger partial charge in [0, 0.05) is 6.07 Å². The van der Waals surface area contributed by atoms with Crippen LogP contribution in [0.4, 0.5) is 11.6 Å². The van der Waals surface area contributed by atoms with Crippen LogP contribution in [0.5, 0.6) is 5.88 Å². The molecule has 3 aromatic rings. The molecule has 1 atom stereocenters. The highest BCUT2D eigenvalue weighted by Gasteiger charge is 2.09. The first kappa shape index (κ1) is 14.5. The van der Waals surface area contributed by atoms with Gasteiger partial charge in [0.05, 0.1) is 12.4 Å². The third kappa shape index (κ3) is 3.63. The van der Waals surface area contributed by atoms with Crippen molar-refractivity contribution in [2.45, 2.75) is 13.0 Å². The molecule has 3 rings (SSSR count). The van der Waals surface area contributed by atoms with Crippen LogP contribution in [0.3, 0.4) is 0 Å². The van der Waals surface area contributed by atoms with Crippen LogP contribution < -0.4 is 10.1 Å². The van der Waals surface area contributed by atoms with E-state index in [4.69, 9.17) is 10.00 Å². The Bertz CT molecular complexity index is 824. The molecule has 114 valence electrons. The number of aromatic amines is 1. The van der Waals surface area contributed by atoms with E-state index < -0.39 is 0 Å². The molecule has 0 aliphatic heterocycles. The molecule has 0 aliphatic carbocycles. The van der Waals surface area contributed by atoms with E-state index in [1.165, 1.54) is 0 Å². The molecule has 0 amide bonds. The van der Waals surface area contributed by atoms with E-state index in [2.05, 4.69) is 25.5 Å². The summed E-state index contributed by atoms with van der Waals surface area (Å²) in [6, 6.07) is 13.4. The molecule has 0 saturated heterocycles. The van der Waals surface area contributed by atoms with E-state index >= 15 is 0 Å². The zero-order chi connectivity index (χ0) is 16.1. The SMILES string of the molecule is C[C@H](Oc1cncc(Nc2cc(C#N)[nH]n2)n1)c1ccccc1. The molecular weight excluding hydrogens is 292 g/mol. The number of aromatic nitrogens is 4. The summed E-state index contributed by atoms with van der Waals surface area (Å²) in [5.74, 6) is 1.38. The Kier molecular flexibility index (Phi) is 4.16. The molecule has 0 fully saturated rings. The first-order chi connectivity index (χ1) is 11.2. The van der Waals surface area contributed by atoms with Gasteiger partial charge in [0.15, 0.2) is 11.6 Å². The largest absolute Gasteiger partial charge is 0.469 e. The smallest absolute Gasteiger partial charge is 0.234 e. The molecule has 7 nitrogen and oxygen atoms in total. The van der Waals surface area contributed by atoms with Crippen LogP contribution in [-0.2, 0) is 0 Å². The molecule has 0 spiro atoms. The molecule has 2 heterocycles. The second-order valence-electron chi connectivity index (χ2n) is 4.82. The lowest BCUT2D eigenvalue weighted by atomic mass is 10.1. The monoisotopic (exact) mass is 306 g/mol. The number of nitrogens with one attached hydrogen (secondary N) is 2. The van der Waals surface area contributed by atoms with Crippen LogP contribution in [0.2, 0.25) is 0 Å². The maximum atomic E-state index is 8.77. The Labute approximate surface area is 133 Å².